The van der Waals surface area contributed by atoms with Crippen molar-refractivity contribution in [3.8, 4) is 0 Å². The van der Waals surface area contributed by atoms with Gasteiger partial charge in [0.05, 0.1) is 12.4 Å². The van der Waals surface area contributed by atoms with Gasteiger partial charge in [-0.05, 0) is 24.7 Å². The van der Waals surface area contributed by atoms with E-state index in [0.717, 1.165) is 24.9 Å². The lowest BCUT2D eigenvalue weighted by Gasteiger charge is -2.21. The van der Waals surface area contributed by atoms with E-state index in [1.54, 1.807) is 0 Å². The summed E-state index contributed by atoms with van der Waals surface area (Å²) in [5.74, 6) is 2.96. The number of hydrogen-bond donors (Lipinski definition) is 0. The highest BCUT2D eigenvalue weighted by molar-refractivity contribution is 5.83. The van der Waals surface area contributed by atoms with E-state index in [1.807, 2.05) is 0 Å². The summed E-state index contributed by atoms with van der Waals surface area (Å²) < 4.78 is 0. The van der Waals surface area contributed by atoms with Gasteiger partial charge in [-0.15, -0.1) is 0 Å². The normalized spacial score (nSPS) is 16.7. The van der Waals surface area contributed by atoms with Crippen LogP contribution < -0.4 is 0 Å². The van der Waals surface area contributed by atoms with Crippen molar-refractivity contribution in [3.63, 3.8) is 0 Å². The van der Waals surface area contributed by atoms with Crippen molar-refractivity contribution >= 4 is 5.84 Å². The molecule has 0 aromatic heterocycles. The summed E-state index contributed by atoms with van der Waals surface area (Å²) in [4.78, 5) is 7.10. The zero-order valence-electron chi connectivity index (χ0n) is 10.8. The van der Waals surface area contributed by atoms with Gasteiger partial charge in [0, 0.05) is 19.5 Å². The van der Waals surface area contributed by atoms with Crippen LogP contribution in [0.5, 0.6) is 0 Å². The average Bonchev–Trinajstić information content (AvgIpc) is 2.58. The summed E-state index contributed by atoms with van der Waals surface area (Å²) in [6.07, 6.45) is 3.74. The zero-order valence-corrected chi connectivity index (χ0v) is 10.8. The molecule has 15 heavy (non-hydrogen) atoms. The second kappa shape index (κ2) is 6.14. The van der Waals surface area contributed by atoms with Gasteiger partial charge in [0.25, 0.3) is 0 Å². The minimum Gasteiger partial charge on any atom is -0.359 e. The zero-order chi connectivity index (χ0) is 11.3. The highest BCUT2D eigenvalue weighted by Gasteiger charge is 2.16. The van der Waals surface area contributed by atoms with Gasteiger partial charge >= 0.3 is 0 Å². The van der Waals surface area contributed by atoms with Crippen LogP contribution in [0.15, 0.2) is 4.99 Å². The minimum atomic E-state index is 0.792. The fourth-order valence-corrected chi connectivity index (χ4v) is 1.84. The second-order valence-electron chi connectivity index (χ2n) is 5.40. The Labute approximate surface area is 94.8 Å². The molecule has 0 fully saturated rings. The summed E-state index contributed by atoms with van der Waals surface area (Å²) >= 11 is 0. The maximum atomic E-state index is 4.61. The third-order valence-corrected chi connectivity index (χ3v) is 2.95. The predicted molar refractivity (Wildman–Crippen MR) is 67.4 cm³/mol. The molecule has 0 N–H and O–H groups in total. The Morgan fingerprint density at radius 3 is 2.40 bits per heavy atom. The lowest BCUT2D eigenvalue weighted by molar-refractivity contribution is 0.398. The van der Waals surface area contributed by atoms with Crippen LogP contribution in [-0.4, -0.2) is 30.4 Å². The summed E-state index contributed by atoms with van der Waals surface area (Å²) in [5.41, 5.74) is 0. The van der Waals surface area contributed by atoms with Crippen LogP contribution in [0.4, 0.5) is 0 Å². The van der Waals surface area contributed by atoms with Crippen LogP contribution in [0.1, 0.15) is 47.0 Å². The topological polar surface area (TPSA) is 15.6 Å². The molecule has 0 unspecified atom stereocenters. The molecule has 0 radical (unpaired) electrons. The Balaban J connectivity index is 2.29. The third kappa shape index (κ3) is 4.67. The quantitative estimate of drug-likeness (QED) is 0.657. The smallest absolute Gasteiger partial charge is 0.0990 e. The van der Waals surface area contributed by atoms with Crippen molar-refractivity contribution in [1.29, 1.82) is 0 Å². The lowest BCUT2D eigenvalue weighted by atomic mass is 10.1. The van der Waals surface area contributed by atoms with E-state index in [0.29, 0.717) is 0 Å². The maximum absolute atomic E-state index is 4.61. The van der Waals surface area contributed by atoms with E-state index < -0.39 is 0 Å². The molecule has 0 saturated carbocycles. The van der Waals surface area contributed by atoms with Crippen LogP contribution in [0.25, 0.3) is 0 Å². The minimum absolute atomic E-state index is 0.792. The molecule has 88 valence electrons. The third-order valence-electron chi connectivity index (χ3n) is 2.95. The molecule has 2 nitrogen and oxygen atoms in total. The number of hydrogen-bond acceptors (Lipinski definition) is 2. The van der Waals surface area contributed by atoms with Crippen LogP contribution in [0.2, 0.25) is 0 Å². The number of nitrogens with zero attached hydrogens (tertiary/aromatic N) is 2. The standard InChI is InChI=1S/C13H26N2/c1-11(2)5-6-13-14-8-10-15(13)9-7-12(3)4/h11-12H,5-10H2,1-4H3. The molecule has 1 rings (SSSR count). The fourth-order valence-electron chi connectivity index (χ4n) is 1.84. The first kappa shape index (κ1) is 12.5. The number of rotatable bonds is 6. The first-order valence-electron chi connectivity index (χ1n) is 6.38. The first-order valence-corrected chi connectivity index (χ1v) is 6.38. The van der Waals surface area contributed by atoms with Crippen molar-refractivity contribution in [2.45, 2.75) is 47.0 Å². The van der Waals surface area contributed by atoms with Gasteiger partial charge in [-0.3, -0.25) is 4.99 Å². The predicted octanol–water partition coefficient (Wildman–Crippen LogP) is 3.18. The van der Waals surface area contributed by atoms with Gasteiger partial charge in [0.2, 0.25) is 0 Å². The maximum Gasteiger partial charge on any atom is 0.0990 e. The Morgan fingerprint density at radius 2 is 1.80 bits per heavy atom. The van der Waals surface area contributed by atoms with Crippen LogP contribution in [0, 0.1) is 11.8 Å². The molecule has 0 aliphatic carbocycles. The van der Waals surface area contributed by atoms with E-state index >= 15 is 0 Å². The molecular weight excluding hydrogens is 184 g/mol. The van der Waals surface area contributed by atoms with Crippen LogP contribution >= 0.6 is 0 Å². The summed E-state index contributed by atoms with van der Waals surface area (Å²) in [5, 5.41) is 0. The Hall–Kier alpha value is -0.530. The van der Waals surface area contributed by atoms with Crippen molar-refractivity contribution in [2.24, 2.45) is 16.8 Å². The Kier molecular flexibility index (Phi) is 5.13. The highest BCUT2D eigenvalue weighted by atomic mass is 15.2. The Bertz CT molecular complexity index is 207. The summed E-state index contributed by atoms with van der Waals surface area (Å²) in [6, 6.07) is 0. The average molecular weight is 210 g/mol. The van der Waals surface area contributed by atoms with Gasteiger partial charge in [0.1, 0.15) is 0 Å². The van der Waals surface area contributed by atoms with E-state index in [2.05, 4.69) is 37.6 Å². The fraction of sp³-hybridized carbons (Fsp3) is 0.923. The molecular formula is C13H26N2. The molecule has 1 aliphatic rings. The number of aliphatic imine (C=N–C) groups is 1. The molecule has 0 spiro atoms. The molecule has 0 saturated heterocycles. The molecule has 2 heteroatoms. The van der Waals surface area contributed by atoms with Crippen LogP contribution in [0.3, 0.4) is 0 Å². The summed E-state index contributed by atoms with van der Waals surface area (Å²) in [6.45, 7) is 12.5. The van der Waals surface area contributed by atoms with Crippen molar-refractivity contribution in [1.82, 2.24) is 4.90 Å². The van der Waals surface area contributed by atoms with Crippen molar-refractivity contribution < 1.29 is 0 Å². The van der Waals surface area contributed by atoms with E-state index in [1.165, 1.54) is 31.6 Å². The van der Waals surface area contributed by atoms with Gasteiger partial charge in [-0.2, -0.15) is 0 Å². The lowest BCUT2D eigenvalue weighted by Crippen LogP contribution is -2.29. The SMILES string of the molecule is CC(C)CCC1=NCCN1CCC(C)C. The second-order valence-corrected chi connectivity index (χ2v) is 5.40. The Morgan fingerprint density at radius 1 is 1.13 bits per heavy atom. The molecule has 0 bridgehead atoms. The first-order chi connectivity index (χ1) is 7.09. The van der Waals surface area contributed by atoms with E-state index in [9.17, 15) is 0 Å². The molecule has 0 aromatic rings. The number of amidine groups is 1. The molecule has 0 amide bonds. The van der Waals surface area contributed by atoms with E-state index in [4.69, 9.17) is 0 Å². The van der Waals surface area contributed by atoms with Gasteiger partial charge in [0.15, 0.2) is 0 Å². The van der Waals surface area contributed by atoms with Crippen molar-refractivity contribution in [2.75, 3.05) is 19.6 Å². The highest BCUT2D eigenvalue weighted by Crippen LogP contribution is 2.13. The largest absolute Gasteiger partial charge is 0.359 e. The summed E-state index contributed by atoms with van der Waals surface area (Å²) in [7, 11) is 0. The molecule has 1 aliphatic heterocycles. The van der Waals surface area contributed by atoms with Gasteiger partial charge in [-0.25, -0.2) is 0 Å². The van der Waals surface area contributed by atoms with Crippen molar-refractivity contribution in [3.05, 3.63) is 0 Å². The van der Waals surface area contributed by atoms with Crippen LogP contribution in [-0.2, 0) is 0 Å². The monoisotopic (exact) mass is 210 g/mol. The molecule has 1 heterocycles. The van der Waals surface area contributed by atoms with Gasteiger partial charge < -0.3 is 4.90 Å². The molecule has 0 atom stereocenters. The molecule has 0 aromatic carbocycles. The van der Waals surface area contributed by atoms with Gasteiger partial charge in [-0.1, -0.05) is 27.7 Å². The van der Waals surface area contributed by atoms with E-state index in [-0.39, 0.29) is 0 Å².